The fraction of sp³-hybridized carbons (Fsp3) is 0.0196. The smallest absolute Gasteiger partial charge is 0.199 e. The molecule has 10 heteroatoms. The number of halogens is 2. The lowest BCUT2D eigenvalue weighted by Crippen LogP contribution is -2.19. The average molecular weight is 837 g/mol. The summed E-state index contributed by atoms with van der Waals surface area (Å²) >= 11 is 3.48. The molecule has 5 heterocycles. The highest BCUT2D eigenvalue weighted by Gasteiger charge is 2.22. The summed E-state index contributed by atoms with van der Waals surface area (Å²) in [6, 6.07) is 54.7. The van der Waals surface area contributed by atoms with Crippen molar-refractivity contribution in [2.24, 2.45) is 4.99 Å². The van der Waals surface area contributed by atoms with E-state index in [0.717, 1.165) is 49.3 Å². The van der Waals surface area contributed by atoms with Crippen molar-refractivity contribution in [1.82, 2.24) is 14.1 Å². The predicted molar refractivity (Wildman–Crippen MR) is 251 cm³/mol. The number of rotatable bonds is 13. The number of para-hydroxylation sites is 2. The average Bonchev–Trinajstić information content (AvgIpc) is 4.14. The molecule has 0 unspecified atom stereocenters. The van der Waals surface area contributed by atoms with Gasteiger partial charge in [-0.05, 0) is 140 Å². The van der Waals surface area contributed by atoms with Gasteiger partial charge in [0.05, 0.1) is 23.8 Å². The lowest BCUT2D eigenvalue weighted by molar-refractivity contribution is 0.560. The van der Waals surface area contributed by atoms with Crippen LogP contribution in [0.25, 0.3) is 42.0 Å². The van der Waals surface area contributed by atoms with E-state index in [9.17, 15) is 0 Å². The van der Waals surface area contributed by atoms with E-state index in [-0.39, 0.29) is 11.9 Å². The van der Waals surface area contributed by atoms with Crippen LogP contribution < -0.4 is 9.80 Å². The number of aromatic nitrogens is 3. The highest BCUT2D eigenvalue weighted by molar-refractivity contribution is 7.25. The Labute approximate surface area is 361 Å². The van der Waals surface area contributed by atoms with Gasteiger partial charge < -0.3 is 0 Å². The first-order valence-corrected chi connectivity index (χ1v) is 21.2. The Morgan fingerprint density at radius 3 is 1.62 bits per heavy atom. The van der Waals surface area contributed by atoms with Gasteiger partial charge in [0.1, 0.15) is 11.6 Å². The number of anilines is 5. The molecule has 9 rings (SSSR count). The maximum Gasteiger partial charge on any atom is 0.199 e. The lowest BCUT2D eigenvalue weighted by atomic mass is 10.1. The van der Waals surface area contributed by atoms with E-state index in [1.165, 1.54) is 21.9 Å². The van der Waals surface area contributed by atoms with Gasteiger partial charge >= 0.3 is 0 Å². The zero-order valence-corrected chi connectivity index (χ0v) is 34.6. The normalized spacial score (nSPS) is 11.6. The molecule has 61 heavy (non-hydrogen) atoms. The summed E-state index contributed by atoms with van der Waals surface area (Å²) < 4.78 is 34.0. The van der Waals surface area contributed by atoms with E-state index < -0.39 is 0 Å². The van der Waals surface area contributed by atoms with Crippen LogP contribution >= 0.6 is 22.7 Å². The Morgan fingerprint density at radius 1 is 0.574 bits per heavy atom. The van der Waals surface area contributed by atoms with E-state index in [1.807, 2.05) is 114 Å². The second-order valence-corrected chi connectivity index (χ2v) is 16.1. The summed E-state index contributed by atoms with van der Waals surface area (Å²) in [6.07, 6.45) is 9.05. The van der Waals surface area contributed by atoms with Crippen molar-refractivity contribution in [1.29, 1.82) is 0 Å². The van der Waals surface area contributed by atoms with E-state index in [1.54, 1.807) is 62.5 Å². The number of allylic oxidation sites excluding steroid dienone is 2. The Bertz CT molecular complexity index is 2960. The molecule has 0 aliphatic heterocycles. The Morgan fingerprint density at radius 2 is 1.10 bits per heavy atom. The van der Waals surface area contributed by atoms with Gasteiger partial charge in [-0.1, -0.05) is 66.7 Å². The largest absolute Gasteiger partial charge is 0.295 e. The standard InChI is InChI=1S/C51H38F2N6S2/c1-3-11-42(34-54-2)56(50-31-29-48(52)58(50)38-12-6-4-7-13-38)40-21-17-36(18-22-40)44-25-27-46(60-44)47-28-26-45(61-47)37-19-23-41(24-20-37)57(43-16-10-33-55-35-43)51-32-30-49(53)59(51)39-14-8-5-9-15-39/h3-35H,2H2,1H3/b11-3-,42-34+. The van der Waals surface area contributed by atoms with Crippen molar-refractivity contribution in [3.05, 3.63) is 218 Å². The number of hydrogen-bond acceptors (Lipinski definition) is 6. The van der Waals surface area contributed by atoms with E-state index in [4.69, 9.17) is 0 Å². The lowest BCUT2D eigenvalue weighted by Gasteiger charge is -2.27. The molecule has 0 aliphatic rings. The molecule has 0 fully saturated rings. The van der Waals surface area contributed by atoms with Gasteiger partial charge in [-0.25, -0.2) is 0 Å². The van der Waals surface area contributed by atoms with Gasteiger partial charge in [-0.15, -0.1) is 22.7 Å². The quantitative estimate of drug-likeness (QED) is 0.0858. The van der Waals surface area contributed by atoms with E-state index >= 15 is 8.78 Å². The molecule has 0 bridgehead atoms. The second kappa shape index (κ2) is 17.4. The Balaban J connectivity index is 0.978. The number of pyridine rings is 1. The predicted octanol–water partition coefficient (Wildman–Crippen LogP) is 14.8. The fourth-order valence-corrected chi connectivity index (χ4v) is 9.48. The summed E-state index contributed by atoms with van der Waals surface area (Å²) in [5, 5.41) is 0. The van der Waals surface area contributed by atoms with Crippen LogP contribution in [0.15, 0.2) is 211 Å². The minimum absolute atomic E-state index is 0.352. The third-order valence-electron chi connectivity index (χ3n) is 10.1. The van der Waals surface area contributed by atoms with Gasteiger partial charge in [-0.3, -0.25) is 28.9 Å². The molecule has 0 aliphatic carbocycles. The van der Waals surface area contributed by atoms with Crippen LogP contribution in [-0.2, 0) is 0 Å². The van der Waals surface area contributed by atoms with Gasteiger partial charge in [0.25, 0.3) is 0 Å². The van der Waals surface area contributed by atoms with Crippen molar-refractivity contribution >= 4 is 58.1 Å². The van der Waals surface area contributed by atoms with Crippen molar-refractivity contribution in [3.63, 3.8) is 0 Å². The summed E-state index contributed by atoms with van der Waals surface area (Å²) in [7, 11) is 0. The molecule has 0 radical (unpaired) electrons. The monoisotopic (exact) mass is 836 g/mol. The summed E-state index contributed by atoms with van der Waals surface area (Å²) in [6.45, 7) is 5.64. The first-order valence-electron chi connectivity index (χ1n) is 19.6. The van der Waals surface area contributed by atoms with Crippen molar-refractivity contribution < 1.29 is 8.78 Å². The fourth-order valence-electron chi connectivity index (χ4n) is 7.37. The topological polar surface area (TPSA) is 41.6 Å². The molecular weight excluding hydrogens is 799 g/mol. The first kappa shape index (κ1) is 39.1. The van der Waals surface area contributed by atoms with Crippen LogP contribution in [0.3, 0.4) is 0 Å². The molecule has 5 aromatic heterocycles. The molecule has 4 aromatic carbocycles. The van der Waals surface area contributed by atoms with Gasteiger partial charge in [-0.2, -0.15) is 8.78 Å². The van der Waals surface area contributed by atoms with Crippen molar-refractivity contribution in [2.75, 3.05) is 9.80 Å². The van der Waals surface area contributed by atoms with Gasteiger partial charge in [0.2, 0.25) is 0 Å². The number of aliphatic imine (C=N–C) groups is 1. The van der Waals surface area contributed by atoms with E-state index in [0.29, 0.717) is 17.3 Å². The number of nitrogens with zero attached hydrogens (tertiary/aromatic N) is 6. The van der Waals surface area contributed by atoms with Crippen molar-refractivity contribution in [3.8, 4) is 42.0 Å². The molecule has 9 aromatic rings. The Kier molecular flexibility index (Phi) is 11.2. The molecule has 0 spiro atoms. The molecular formula is C51H38F2N6S2. The third-order valence-corrected chi connectivity index (χ3v) is 12.6. The SMILES string of the molecule is C=N/C=C(\C=C/C)N(c1ccc(-c2ccc(-c3ccc(-c4ccc(N(c5cccnc5)c5ccc(F)n5-c5ccccc5)cc4)s3)s2)cc1)c1ccc(F)n1-c1ccccc1. The van der Waals surface area contributed by atoms with E-state index in [2.05, 4.69) is 77.4 Å². The first-order chi connectivity index (χ1) is 30.0. The molecule has 6 nitrogen and oxygen atoms in total. The zero-order valence-electron chi connectivity index (χ0n) is 33.0. The van der Waals surface area contributed by atoms with Crippen LogP contribution in [0.1, 0.15) is 6.92 Å². The number of benzene rings is 4. The molecule has 0 atom stereocenters. The molecule has 0 saturated heterocycles. The number of hydrogen-bond donors (Lipinski definition) is 0. The highest BCUT2D eigenvalue weighted by Crippen LogP contribution is 2.43. The maximum atomic E-state index is 15.4. The Hall–Kier alpha value is -7.40. The molecule has 298 valence electrons. The van der Waals surface area contributed by atoms with Crippen LogP contribution in [0.2, 0.25) is 0 Å². The summed E-state index contributed by atoms with van der Waals surface area (Å²) in [5.74, 6) is 0.571. The highest BCUT2D eigenvalue weighted by atomic mass is 32.1. The van der Waals surface area contributed by atoms with Crippen LogP contribution in [-0.4, -0.2) is 20.8 Å². The third kappa shape index (κ3) is 7.90. The zero-order chi connectivity index (χ0) is 41.7. The van der Waals surface area contributed by atoms with Gasteiger partial charge in [0.15, 0.2) is 11.9 Å². The maximum absolute atomic E-state index is 15.4. The van der Waals surface area contributed by atoms with Crippen LogP contribution in [0.5, 0.6) is 0 Å². The van der Waals surface area contributed by atoms with Crippen LogP contribution in [0.4, 0.5) is 37.5 Å². The molecule has 0 saturated carbocycles. The van der Waals surface area contributed by atoms with Gasteiger partial charge in [0, 0.05) is 48.5 Å². The summed E-state index contributed by atoms with van der Waals surface area (Å²) in [4.78, 5) is 17.1. The van der Waals surface area contributed by atoms with Crippen LogP contribution in [0, 0.1) is 11.9 Å². The second-order valence-electron chi connectivity index (χ2n) is 13.9. The van der Waals surface area contributed by atoms with Crippen molar-refractivity contribution in [2.45, 2.75) is 6.92 Å². The minimum atomic E-state index is -0.370. The molecule has 0 N–H and O–H groups in total. The number of thiophene rings is 2. The molecule has 0 amide bonds. The minimum Gasteiger partial charge on any atom is -0.295 e. The summed E-state index contributed by atoms with van der Waals surface area (Å²) in [5.41, 5.74) is 6.89.